The van der Waals surface area contributed by atoms with Crippen molar-refractivity contribution in [2.75, 3.05) is 19.1 Å². The van der Waals surface area contributed by atoms with Crippen molar-refractivity contribution in [3.8, 4) is 5.69 Å². The van der Waals surface area contributed by atoms with Gasteiger partial charge in [-0.25, -0.2) is 18.1 Å². The Morgan fingerprint density at radius 1 is 1.32 bits per heavy atom. The molecule has 136 valence electrons. The largest absolute Gasteiger partial charge is 0.354 e. The predicted molar refractivity (Wildman–Crippen MR) is 98.5 cm³/mol. The summed E-state index contributed by atoms with van der Waals surface area (Å²) in [6.07, 6.45) is 4.93. The van der Waals surface area contributed by atoms with Crippen LogP contribution in [0.2, 0.25) is 0 Å². The molecule has 0 saturated carbocycles. The van der Waals surface area contributed by atoms with E-state index in [9.17, 15) is 8.42 Å². The second kappa shape index (κ2) is 8.61. The average molecular weight is 364 g/mol. The Balaban J connectivity index is 1.84. The Bertz CT molecular complexity index is 785. The molecule has 2 rings (SSSR count). The van der Waals surface area contributed by atoms with Crippen molar-refractivity contribution in [2.45, 2.75) is 25.9 Å². The van der Waals surface area contributed by atoms with Crippen LogP contribution in [0.5, 0.6) is 0 Å². The molecule has 25 heavy (non-hydrogen) atoms. The van der Waals surface area contributed by atoms with Gasteiger partial charge < -0.3 is 10.6 Å². The molecule has 0 radical (unpaired) electrons. The zero-order valence-corrected chi connectivity index (χ0v) is 15.5. The van der Waals surface area contributed by atoms with E-state index in [4.69, 9.17) is 0 Å². The van der Waals surface area contributed by atoms with Gasteiger partial charge in [-0.05, 0) is 31.0 Å². The predicted octanol–water partition coefficient (Wildman–Crippen LogP) is 0.755. The fourth-order valence-electron chi connectivity index (χ4n) is 2.18. The Morgan fingerprint density at radius 3 is 2.60 bits per heavy atom. The second-order valence-electron chi connectivity index (χ2n) is 5.90. The zero-order chi connectivity index (χ0) is 18.3. The Kier molecular flexibility index (Phi) is 6.51. The summed E-state index contributed by atoms with van der Waals surface area (Å²) in [7, 11) is -1.26. The van der Waals surface area contributed by atoms with Gasteiger partial charge >= 0.3 is 0 Å². The van der Waals surface area contributed by atoms with Gasteiger partial charge in [0.25, 0.3) is 0 Å². The molecular weight excluding hydrogens is 340 g/mol. The van der Waals surface area contributed by atoms with Crippen LogP contribution in [0.15, 0.2) is 41.9 Å². The number of aliphatic imine (C=N–C) groups is 1. The molecule has 0 fully saturated rings. The lowest BCUT2D eigenvalue weighted by atomic mass is 10.2. The van der Waals surface area contributed by atoms with Crippen LogP contribution >= 0.6 is 0 Å². The van der Waals surface area contributed by atoms with Crippen LogP contribution in [-0.4, -0.2) is 54.2 Å². The van der Waals surface area contributed by atoms with E-state index in [1.165, 1.54) is 12.6 Å². The van der Waals surface area contributed by atoms with Crippen molar-refractivity contribution in [1.82, 2.24) is 25.4 Å². The van der Waals surface area contributed by atoms with Crippen LogP contribution in [0.4, 0.5) is 0 Å². The van der Waals surface area contributed by atoms with Crippen LogP contribution in [0.25, 0.3) is 5.69 Å². The first-order valence-electron chi connectivity index (χ1n) is 7.96. The highest BCUT2D eigenvalue weighted by Gasteiger charge is 2.09. The zero-order valence-electron chi connectivity index (χ0n) is 14.7. The fourth-order valence-corrected chi connectivity index (χ4v) is 2.97. The normalized spacial score (nSPS) is 13.5. The first-order valence-corrected chi connectivity index (χ1v) is 10.0. The number of guanidine groups is 1. The molecule has 0 amide bonds. The van der Waals surface area contributed by atoms with Crippen molar-refractivity contribution in [3.63, 3.8) is 0 Å². The topological polar surface area (TPSA) is 101 Å². The van der Waals surface area contributed by atoms with E-state index < -0.39 is 9.84 Å². The van der Waals surface area contributed by atoms with Crippen LogP contribution in [0.1, 0.15) is 18.9 Å². The Labute approximate surface area is 148 Å². The minimum atomic E-state index is -2.95. The van der Waals surface area contributed by atoms with E-state index >= 15 is 0 Å². The van der Waals surface area contributed by atoms with Crippen LogP contribution in [-0.2, 0) is 16.4 Å². The first kappa shape index (κ1) is 18.9. The maximum Gasteiger partial charge on any atom is 0.191 e. The number of hydrogen-bond donors (Lipinski definition) is 2. The van der Waals surface area contributed by atoms with Gasteiger partial charge in [-0.1, -0.05) is 12.1 Å². The van der Waals surface area contributed by atoms with Crippen molar-refractivity contribution < 1.29 is 8.42 Å². The lowest BCUT2D eigenvalue weighted by Crippen LogP contribution is -2.42. The van der Waals surface area contributed by atoms with Crippen molar-refractivity contribution in [2.24, 2.45) is 4.99 Å². The van der Waals surface area contributed by atoms with Crippen LogP contribution in [0, 0.1) is 0 Å². The molecule has 1 aromatic carbocycles. The van der Waals surface area contributed by atoms with Crippen LogP contribution < -0.4 is 10.6 Å². The molecule has 1 unspecified atom stereocenters. The summed E-state index contributed by atoms with van der Waals surface area (Å²) in [5, 5.41) is 10.5. The van der Waals surface area contributed by atoms with Gasteiger partial charge in [0.15, 0.2) is 5.96 Å². The van der Waals surface area contributed by atoms with Gasteiger partial charge in [-0.2, -0.15) is 5.10 Å². The van der Waals surface area contributed by atoms with Crippen molar-refractivity contribution in [1.29, 1.82) is 0 Å². The van der Waals surface area contributed by atoms with Gasteiger partial charge in [0, 0.05) is 25.9 Å². The Morgan fingerprint density at radius 2 is 2.04 bits per heavy atom. The van der Waals surface area contributed by atoms with Crippen molar-refractivity contribution >= 4 is 15.8 Å². The quantitative estimate of drug-likeness (QED) is 0.555. The van der Waals surface area contributed by atoms with Gasteiger partial charge in [0.2, 0.25) is 0 Å². The number of rotatable bonds is 7. The third-order valence-corrected chi connectivity index (χ3v) is 4.59. The lowest BCUT2D eigenvalue weighted by molar-refractivity contribution is 0.581. The molecule has 9 heteroatoms. The number of benzene rings is 1. The SMILES string of the molecule is CN=C(NCc1ccc(-n2cncn2)cc1)NC(C)CCS(C)(=O)=O. The average Bonchev–Trinajstić information content (AvgIpc) is 3.11. The smallest absolute Gasteiger partial charge is 0.191 e. The maximum absolute atomic E-state index is 11.2. The van der Waals surface area contributed by atoms with E-state index in [-0.39, 0.29) is 11.8 Å². The van der Waals surface area contributed by atoms with Gasteiger partial charge in [0.1, 0.15) is 22.5 Å². The number of sulfone groups is 1. The van der Waals surface area contributed by atoms with Gasteiger partial charge in [0.05, 0.1) is 11.4 Å². The molecule has 0 spiro atoms. The maximum atomic E-state index is 11.2. The van der Waals surface area contributed by atoms with E-state index in [0.29, 0.717) is 18.9 Å². The Hall–Kier alpha value is -2.42. The third kappa shape index (κ3) is 6.54. The summed E-state index contributed by atoms with van der Waals surface area (Å²) in [5.41, 5.74) is 2.04. The summed E-state index contributed by atoms with van der Waals surface area (Å²) >= 11 is 0. The third-order valence-electron chi connectivity index (χ3n) is 3.61. The number of nitrogens with one attached hydrogen (secondary N) is 2. The molecule has 0 aliphatic carbocycles. The van der Waals surface area contributed by atoms with E-state index in [2.05, 4.69) is 25.7 Å². The molecule has 1 aromatic heterocycles. The summed E-state index contributed by atoms with van der Waals surface area (Å²) in [6.45, 7) is 2.54. The molecule has 0 bridgehead atoms. The molecule has 0 aliphatic heterocycles. The molecule has 2 N–H and O–H groups in total. The molecule has 8 nitrogen and oxygen atoms in total. The van der Waals surface area contributed by atoms with Gasteiger partial charge in [-0.3, -0.25) is 4.99 Å². The minimum Gasteiger partial charge on any atom is -0.354 e. The van der Waals surface area contributed by atoms with Crippen molar-refractivity contribution in [3.05, 3.63) is 42.5 Å². The summed E-state index contributed by atoms with van der Waals surface area (Å²) in [5.74, 6) is 0.795. The summed E-state index contributed by atoms with van der Waals surface area (Å²) in [4.78, 5) is 8.10. The molecule has 0 aliphatic rings. The first-order chi connectivity index (χ1) is 11.9. The molecule has 2 aromatic rings. The van der Waals surface area contributed by atoms with E-state index in [1.807, 2.05) is 31.2 Å². The number of hydrogen-bond acceptors (Lipinski definition) is 5. The highest BCUT2D eigenvalue weighted by molar-refractivity contribution is 7.90. The van der Waals surface area contributed by atoms with Gasteiger partial charge in [-0.15, -0.1) is 0 Å². The summed E-state index contributed by atoms with van der Waals surface area (Å²) in [6, 6.07) is 7.96. The molecular formula is C16H24N6O2S. The molecule has 1 atom stereocenters. The summed E-state index contributed by atoms with van der Waals surface area (Å²) < 4.78 is 24.2. The minimum absolute atomic E-state index is 0.00983. The van der Waals surface area contributed by atoms with E-state index in [1.54, 1.807) is 18.1 Å². The number of aromatic nitrogens is 3. The standard InChI is InChI=1S/C16H24N6O2S/c1-13(8-9-25(3,23)24)21-16(17-2)19-10-14-4-6-15(7-5-14)22-12-18-11-20-22/h4-7,11-13H,8-10H2,1-3H3,(H2,17,19,21). The molecule has 1 heterocycles. The van der Waals surface area contributed by atoms with Crippen LogP contribution in [0.3, 0.4) is 0 Å². The fraction of sp³-hybridized carbons (Fsp3) is 0.438. The lowest BCUT2D eigenvalue weighted by Gasteiger charge is -2.17. The molecule has 0 saturated heterocycles. The van der Waals surface area contributed by atoms with E-state index in [0.717, 1.165) is 11.3 Å². The monoisotopic (exact) mass is 364 g/mol. The highest BCUT2D eigenvalue weighted by atomic mass is 32.2. The second-order valence-corrected chi connectivity index (χ2v) is 8.16. The number of nitrogens with zero attached hydrogens (tertiary/aromatic N) is 4. The highest BCUT2D eigenvalue weighted by Crippen LogP contribution is 2.07.